The van der Waals surface area contributed by atoms with Gasteiger partial charge in [0.2, 0.25) is 15.8 Å². The zero-order chi connectivity index (χ0) is 14.9. The molecule has 1 heterocycles. The van der Waals surface area contributed by atoms with E-state index in [1.807, 2.05) is 0 Å². The number of sulfonamides is 1. The van der Waals surface area contributed by atoms with Gasteiger partial charge in [-0.05, 0) is 30.7 Å². The summed E-state index contributed by atoms with van der Waals surface area (Å²) in [5.74, 6) is -0.947. The summed E-state index contributed by atoms with van der Waals surface area (Å²) in [5, 5.41) is 8.84. The lowest BCUT2D eigenvalue weighted by atomic mass is 10.1. The lowest BCUT2D eigenvalue weighted by Gasteiger charge is -2.10. The topological polar surface area (TPSA) is 96.6 Å². The molecule has 0 atom stereocenters. The quantitative estimate of drug-likeness (QED) is 0.902. The molecule has 106 valence electrons. The molecule has 0 aliphatic carbocycles. The van der Waals surface area contributed by atoms with E-state index in [1.165, 1.54) is 12.1 Å². The van der Waals surface area contributed by atoms with Crippen molar-refractivity contribution in [2.75, 3.05) is 11.0 Å². The first-order valence-electron chi connectivity index (χ1n) is 5.69. The van der Waals surface area contributed by atoms with Gasteiger partial charge in [-0.3, -0.25) is 4.72 Å². The average Bonchev–Trinajstić information content (AvgIpc) is 2.79. The molecule has 0 radical (unpaired) electrons. The Morgan fingerprint density at radius 3 is 2.50 bits per heavy atom. The second-order valence-electron chi connectivity index (χ2n) is 4.32. The van der Waals surface area contributed by atoms with E-state index in [0.717, 1.165) is 6.26 Å². The predicted molar refractivity (Wildman–Crippen MR) is 74.3 cm³/mol. The van der Waals surface area contributed by atoms with Crippen LogP contribution in [0.3, 0.4) is 0 Å². The summed E-state index contributed by atoms with van der Waals surface area (Å²) >= 11 is 0. The Bertz CT molecular complexity index is 761. The normalized spacial score (nSPS) is 11.3. The molecular weight excluding hydrogens is 282 g/mol. The van der Waals surface area contributed by atoms with Crippen molar-refractivity contribution in [2.24, 2.45) is 0 Å². The van der Waals surface area contributed by atoms with Crippen LogP contribution < -0.4 is 4.72 Å². The van der Waals surface area contributed by atoms with E-state index in [0.29, 0.717) is 22.6 Å². The Hall–Kier alpha value is -2.28. The number of carboxylic acids is 1. The molecule has 0 unspecified atom stereocenters. The number of anilines is 1. The monoisotopic (exact) mass is 295 g/mol. The number of aromatic carboxylic acids is 1. The van der Waals surface area contributed by atoms with Crippen molar-refractivity contribution in [1.82, 2.24) is 0 Å². The van der Waals surface area contributed by atoms with Crippen LogP contribution in [0.2, 0.25) is 0 Å². The van der Waals surface area contributed by atoms with Gasteiger partial charge in [-0.25, -0.2) is 13.2 Å². The Morgan fingerprint density at radius 1 is 1.25 bits per heavy atom. The van der Waals surface area contributed by atoms with E-state index in [2.05, 4.69) is 4.72 Å². The van der Waals surface area contributed by atoms with Crippen LogP contribution in [0.1, 0.15) is 16.1 Å². The minimum atomic E-state index is -3.38. The molecule has 6 nitrogen and oxygen atoms in total. The fraction of sp³-hybridized carbons (Fsp3) is 0.154. The predicted octanol–water partition coefficient (Wildman–Crippen LogP) is 2.32. The maximum Gasteiger partial charge on any atom is 0.371 e. The summed E-state index contributed by atoms with van der Waals surface area (Å²) in [7, 11) is -3.38. The number of nitrogens with one attached hydrogen (secondary N) is 1. The largest absolute Gasteiger partial charge is 0.475 e. The summed E-state index contributed by atoms with van der Waals surface area (Å²) in [4.78, 5) is 10.8. The molecule has 0 saturated carbocycles. The van der Waals surface area contributed by atoms with Gasteiger partial charge in [-0.1, -0.05) is 12.1 Å². The third-order valence-corrected chi connectivity index (χ3v) is 3.30. The maximum absolute atomic E-state index is 11.3. The summed E-state index contributed by atoms with van der Waals surface area (Å²) in [5.41, 5.74) is 1.72. The van der Waals surface area contributed by atoms with Crippen molar-refractivity contribution in [2.45, 2.75) is 6.92 Å². The van der Waals surface area contributed by atoms with Gasteiger partial charge in [0, 0.05) is 5.56 Å². The summed E-state index contributed by atoms with van der Waals surface area (Å²) < 4.78 is 30.2. The van der Waals surface area contributed by atoms with Gasteiger partial charge in [-0.2, -0.15) is 0 Å². The van der Waals surface area contributed by atoms with Crippen LogP contribution in [0, 0.1) is 6.92 Å². The third kappa shape index (κ3) is 3.00. The van der Waals surface area contributed by atoms with Crippen molar-refractivity contribution in [3.05, 3.63) is 41.7 Å². The van der Waals surface area contributed by atoms with Gasteiger partial charge in [0.15, 0.2) is 0 Å². The lowest BCUT2D eigenvalue weighted by Crippen LogP contribution is -2.10. The van der Waals surface area contributed by atoms with E-state index in [1.54, 1.807) is 25.1 Å². The van der Waals surface area contributed by atoms with E-state index >= 15 is 0 Å². The molecule has 0 amide bonds. The van der Waals surface area contributed by atoms with E-state index in [4.69, 9.17) is 9.52 Å². The molecule has 0 bridgehead atoms. The molecule has 7 heteroatoms. The maximum atomic E-state index is 11.3. The van der Waals surface area contributed by atoms with Crippen molar-refractivity contribution >= 4 is 21.7 Å². The highest BCUT2D eigenvalue weighted by Gasteiger charge is 2.14. The van der Waals surface area contributed by atoms with Gasteiger partial charge in [-0.15, -0.1) is 0 Å². The summed E-state index contributed by atoms with van der Waals surface area (Å²) in [6.07, 6.45) is 1.06. The van der Waals surface area contributed by atoms with Crippen molar-refractivity contribution in [3.63, 3.8) is 0 Å². The summed E-state index contributed by atoms with van der Waals surface area (Å²) in [6.45, 7) is 1.73. The second-order valence-corrected chi connectivity index (χ2v) is 6.07. The van der Waals surface area contributed by atoms with Gasteiger partial charge >= 0.3 is 5.97 Å². The number of carboxylic acid groups (broad SMARTS) is 1. The average molecular weight is 295 g/mol. The van der Waals surface area contributed by atoms with Crippen LogP contribution >= 0.6 is 0 Å². The minimum Gasteiger partial charge on any atom is -0.475 e. The standard InChI is InChI=1S/C13H13NO5S/c1-8-9(11-6-7-12(19-11)13(15)16)4-3-5-10(8)14-20(2,17)18/h3-7,14H,1-2H3,(H,15,16). The fourth-order valence-electron chi connectivity index (χ4n) is 1.81. The number of hydrogen-bond acceptors (Lipinski definition) is 4. The highest BCUT2D eigenvalue weighted by molar-refractivity contribution is 7.92. The van der Waals surface area contributed by atoms with E-state index in [9.17, 15) is 13.2 Å². The number of furan rings is 1. The van der Waals surface area contributed by atoms with Crippen LogP contribution in [0.5, 0.6) is 0 Å². The van der Waals surface area contributed by atoms with Gasteiger partial charge in [0.05, 0.1) is 11.9 Å². The highest BCUT2D eigenvalue weighted by Crippen LogP contribution is 2.30. The van der Waals surface area contributed by atoms with Crippen LogP contribution in [-0.4, -0.2) is 25.7 Å². The van der Waals surface area contributed by atoms with Crippen molar-refractivity contribution < 1.29 is 22.7 Å². The lowest BCUT2D eigenvalue weighted by molar-refractivity contribution is 0.0663. The van der Waals surface area contributed by atoms with E-state index < -0.39 is 16.0 Å². The van der Waals surface area contributed by atoms with Gasteiger partial charge < -0.3 is 9.52 Å². The molecular formula is C13H13NO5S. The van der Waals surface area contributed by atoms with Crippen LogP contribution in [0.25, 0.3) is 11.3 Å². The zero-order valence-corrected chi connectivity index (χ0v) is 11.7. The van der Waals surface area contributed by atoms with Gasteiger partial charge in [0.1, 0.15) is 5.76 Å². The highest BCUT2D eigenvalue weighted by atomic mass is 32.2. The molecule has 0 aliphatic rings. The second kappa shape index (κ2) is 5.01. The molecule has 2 N–H and O–H groups in total. The number of carbonyl (C=O) groups is 1. The first-order valence-corrected chi connectivity index (χ1v) is 7.58. The molecule has 0 fully saturated rings. The van der Waals surface area contributed by atoms with Crippen molar-refractivity contribution in [1.29, 1.82) is 0 Å². The fourth-order valence-corrected chi connectivity index (χ4v) is 2.43. The molecule has 2 aromatic rings. The SMILES string of the molecule is Cc1c(NS(C)(=O)=O)cccc1-c1ccc(C(=O)O)o1. The number of rotatable bonds is 4. The summed E-state index contributed by atoms with van der Waals surface area (Å²) in [6, 6.07) is 7.91. The number of benzene rings is 1. The zero-order valence-electron chi connectivity index (χ0n) is 10.9. The van der Waals surface area contributed by atoms with E-state index in [-0.39, 0.29) is 5.76 Å². The first-order chi connectivity index (χ1) is 9.28. The smallest absolute Gasteiger partial charge is 0.371 e. The molecule has 20 heavy (non-hydrogen) atoms. The minimum absolute atomic E-state index is 0.166. The molecule has 2 rings (SSSR count). The Kier molecular flexibility index (Phi) is 3.54. The Balaban J connectivity index is 2.47. The van der Waals surface area contributed by atoms with Crippen LogP contribution in [0.15, 0.2) is 34.7 Å². The van der Waals surface area contributed by atoms with Crippen LogP contribution in [0.4, 0.5) is 5.69 Å². The third-order valence-electron chi connectivity index (χ3n) is 2.71. The number of hydrogen-bond donors (Lipinski definition) is 2. The molecule has 0 spiro atoms. The Labute approximate surface area is 116 Å². The van der Waals surface area contributed by atoms with Crippen LogP contribution in [-0.2, 0) is 10.0 Å². The molecule has 1 aromatic heterocycles. The molecule has 0 aliphatic heterocycles. The molecule has 1 aromatic carbocycles. The first kappa shape index (κ1) is 14.1. The van der Waals surface area contributed by atoms with Crippen molar-refractivity contribution in [3.8, 4) is 11.3 Å². The Morgan fingerprint density at radius 2 is 1.95 bits per heavy atom. The van der Waals surface area contributed by atoms with Gasteiger partial charge in [0.25, 0.3) is 0 Å². The molecule has 0 saturated heterocycles.